The Bertz CT molecular complexity index is 500. The zero-order valence-corrected chi connectivity index (χ0v) is 11.5. The van der Waals surface area contributed by atoms with Crippen LogP contribution >= 0.6 is 0 Å². The van der Waals surface area contributed by atoms with Crippen LogP contribution in [-0.4, -0.2) is 32.6 Å². The lowest BCUT2D eigenvalue weighted by atomic mass is 9.96. The van der Waals surface area contributed by atoms with Crippen LogP contribution in [0.15, 0.2) is 42.5 Å². The molecule has 0 saturated heterocycles. The van der Waals surface area contributed by atoms with Gasteiger partial charge in [-0.1, -0.05) is 42.5 Å². The maximum Gasteiger partial charge on any atom is 0.0360 e. The highest BCUT2D eigenvalue weighted by molar-refractivity contribution is 5.86. The van der Waals surface area contributed by atoms with Crippen molar-refractivity contribution in [2.24, 2.45) is 0 Å². The van der Waals surface area contributed by atoms with Crippen molar-refractivity contribution in [3.63, 3.8) is 0 Å². The first-order valence-electron chi connectivity index (χ1n) is 6.52. The summed E-state index contributed by atoms with van der Waals surface area (Å²) in [6.07, 6.45) is 1.12. The highest BCUT2D eigenvalue weighted by Gasteiger charge is 2.15. The van der Waals surface area contributed by atoms with Gasteiger partial charge in [0.15, 0.2) is 0 Å². The lowest BCUT2D eigenvalue weighted by Gasteiger charge is -2.26. The normalized spacial score (nSPS) is 13.1. The van der Waals surface area contributed by atoms with Crippen molar-refractivity contribution in [3.05, 3.63) is 48.0 Å². The molecular weight excluding hydrogens is 220 g/mol. The minimum Gasteiger partial charge on any atom is -0.320 e. The molecule has 0 spiro atoms. The minimum atomic E-state index is 0.462. The fraction of sp³-hybridized carbons (Fsp3) is 0.375. The topological polar surface area (TPSA) is 15.3 Å². The largest absolute Gasteiger partial charge is 0.320 e. The van der Waals surface area contributed by atoms with Gasteiger partial charge in [-0.05, 0) is 50.4 Å². The van der Waals surface area contributed by atoms with Crippen molar-refractivity contribution >= 4 is 10.8 Å². The molecule has 0 aliphatic rings. The van der Waals surface area contributed by atoms with Crippen LogP contribution in [0.4, 0.5) is 0 Å². The number of rotatable bonds is 5. The highest BCUT2D eigenvalue weighted by Crippen LogP contribution is 2.28. The van der Waals surface area contributed by atoms with E-state index in [4.69, 9.17) is 0 Å². The molecule has 0 radical (unpaired) electrons. The van der Waals surface area contributed by atoms with Gasteiger partial charge < -0.3 is 10.2 Å². The zero-order valence-electron chi connectivity index (χ0n) is 11.5. The van der Waals surface area contributed by atoms with Gasteiger partial charge in [-0.2, -0.15) is 0 Å². The Kier molecular flexibility index (Phi) is 4.34. The Labute approximate surface area is 110 Å². The third-order valence-electron chi connectivity index (χ3n) is 3.47. The quantitative estimate of drug-likeness (QED) is 0.867. The lowest BCUT2D eigenvalue weighted by Crippen LogP contribution is -2.24. The molecule has 2 aromatic rings. The first-order chi connectivity index (χ1) is 8.74. The lowest BCUT2D eigenvalue weighted by molar-refractivity contribution is 0.284. The molecule has 1 N–H and O–H groups in total. The number of hydrogen-bond acceptors (Lipinski definition) is 2. The van der Waals surface area contributed by atoms with E-state index >= 15 is 0 Å². The van der Waals surface area contributed by atoms with Gasteiger partial charge in [-0.25, -0.2) is 0 Å². The summed E-state index contributed by atoms with van der Waals surface area (Å²) in [5.41, 5.74) is 1.42. The fourth-order valence-corrected chi connectivity index (χ4v) is 2.51. The van der Waals surface area contributed by atoms with Crippen LogP contribution < -0.4 is 5.32 Å². The summed E-state index contributed by atoms with van der Waals surface area (Å²) in [5.74, 6) is 0. The van der Waals surface area contributed by atoms with Crippen molar-refractivity contribution < 1.29 is 0 Å². The molecule has 0 fully saturated rings. The van der Waals surface area contributed by atoms with Crippen LogP contribution in [0.3, 0.4) is 0 Å². The van der Waals surface area contributed by atoms with Gasteiger partial charge in [0, 0.05) is 6.04 Å². The summed E-state index contributed by atoms with van der Waals surface area (Å²) in [4.78, 5) is 2.30. The van der Waals surface area contributed by atoms with Crippen LogP contribution in [0.25, 0.3) is 10.8 Å². The Morgan fingerprint density at radius 1 is 1.06 bits per heavy atom. The summed E-state index contributed by atoms with van der Waals surface area (Å²) in [5, 5.41) is 5.94. The number of benzene rings is 2. The van der Waals surface area contributed by atoms with E-state index in [0.29, 0.717) is 6.04 Å². The van der Waals surface area contributed by atoms with E-state index < -0.39 is 0 Å². The molecule has 2 rings (SSSR count). The van der Waals surface area contributed by atoms with E-state index in [1.165, 1.54) is 16.3 Å². The standard InChI is InChI=1S/C16H22N2/c1-17-12-11-16(18(2)3)15-10-6-8-13-7-4-5-9-14(13)15/h4-10,16-17H,11-12H2,1-3H3. The Hall–Kier alpha value is -1.38. The van der Waals surface area contributed by atoms with Gasteiger partial charge in [0.1, 0.15) is 0 Å². The van der Waals surface area contributed by atoms with Crippen LogP contribution in [0.1, 0.15) is 18.0 Å². The maximum absolute atomic E-state index is 3.24. The smallest absolute Gasteiger partial charge is 0.0360 e. The zero-order chi connectivity index (χ0) is 13.0. The van der Waals surface area contributed by atoms with Crippen molar-refractivity contribution in [2.75, 3.05) is 27.7 Å². The molecule has 1 unspecified atom stereocenters. The van der Waals surface area contributed by atoms with E-state index in [9.17, 15) is 0 Å². The summed E-state index contributed by atoms with van der Waals surface area (Å²) in [7, 11) is 6.32. The number of fused-ring (bicyclic) bond motifs is 1. The molecule has 0 heterocycles. The van der Waals surface area contributed by atoms with E-state index in [0.717, 1.165) is 13.0 Å². The summed E-state index contributed by atoms with van der Waals surface area (Å²) in [6, 6.07) is 15.7. The van der Waals surface area contributed by atoms with Gasteiger partial charge in [-0.3, -0.25) is 0 Å². The predicted molar refractivity (Wildman–Crippen MR) is 78.9 cm³/mol. The monoisotopic (exact) mass is 242 g/mol. The molecule has 0 aliphatic heterocycles. The first-order valence-corrected chi connectivity index (χ1v) is 6.52. The number of nitrogens with one attached hydrogen (secondary N) is 1. The van der Waals surface area contributed by atoms with E-state index in [-0.39, 0.29) is 0 Å². The molecule has 0 aromatic heterocycles. The third-order valence-corrected chi connectivity index (χ3v) is 3.47. The van der Waals surface area contributed by atoms with Crippen molar-refractivity contribution in [1.82, 2.24) is 10.2 Å². The summed E-state index contributed by atoms with van der Waals surface area (Å²) in [6.45, 7) is 1.03. The molecule has 2 nitrogen and oxygen atoms in total. The van der Waals surface area contributed by atoms with Crippen LogP contribution in [0, 0.1) is 0 Å². The second kappa shape index (κ2) is 5.98. The van der Waals surface area contributed by atoms with Crippen molar-refractivity contribution in [3.8, 4) is 0 Å². The van der Waals surface area contributed by atoms with Crippen molar-refractivity contribution in [2.45, 2.75) is 12.5 Å². The molecular formula is C16H22N2. The van der Waals surface area contributed by atoms with Crippen LogP contribution in [0.2, 0.25) is 0 Å². The highest BCUT2D eigenvalue weighted by atomic mass is 15.1. The second-order valence-electron chi connectivity index (χ2n) is 4.94. The van der Waals surface area contributed by atoms with Crippen LogP contribution in [-0.2, 0) is 0 Å². The minimum absolute atomic E-state index is 0.462. The molecule has 2 heteroatoms. The Morgan fingerprint density at radius 3 is 2.50 bits per heavy atom. The molecule has 18 heavy (non-hydrogen) atoms. The predicted octanol–water partition coefficient (Wildman–Crippen LogP) is 3.05. The van der Waals surface area contributed by atoms with E-state index in [2.05, 4.69) is 66.8 Å². The van der Waals surface area contributed by atoms with Gasteiger partial charge in [-0.15, -0.1) is 0 Å². The van der Waals surface area contributed by atoms with E-state index in [1.807, 2.05) is 7.05 Å². The molecule has 0 amide bonds. The first kappa shape index (κ1) is 13.1. The van der Waals surface area contributed by atoms with Gasteiger partial charge >= 0.3 is 0 Å². The SMILES string of the molecule is CNCCC(c1cccc2ccccc12)N(C)C. The fourth-order valence-electron chi connectivity index (χ4n) is 2.51. The molecule has 0 aliphatic carbocycles. The molecule has 2 aromatic carbocycles. The second-order valence-corrected chi connectivity index (χ2v) is 4.94. The average molecular weight is 242 g/mol. The van der Waals surface area contributed by atoms with Gasteiger partial charge in [0.2, 0.25) is 0 Å². The van der Waals surface area contributed by atoms with Gasteiger partial charge in [0.05, 0.1) is 0 Å². The van der Waals surface area contributed by atoms with E-state index in [1.54, 1.807) is 0 Å². The molecule has 1 atom stereocenters. The van der Waals surface area contributed by atoms with Gasteiger partial charge in [0.25, 0.3) is 0 Å². The maximum atomic E-state index is 3.24. The Balaban J connectivity index is 2.43. The number of nitrogens with zero attached hydrogens (tertiary/aromatic N) is 1. The van der Waals surface area contributed by atoms with Crippen molar-refractivity contribution in [1.29, 1.82) is 0 Å². The Morgan fingerprint density at radius 2 is 1.78 bits per heavy atom. The number of hydrogen-bond donors (Lipinski definition) is 1. The summed E-state index contributed by atoms with van der Waals surface area (Å²) >= 11 is 0. The van der Waals surface area contributed by atoms with Crippen LogP contribution in [0.5, 0.6) is 0 Å². The average Bonchev–Trinajstić information content (AvgIpc) is 2.39. The molecule has 96 valence electrons. The summed E-state index contributed by atoms with van der Waals surface area (Å²) < 4.78 is 0. The third kappa shape index (κ3) is 2.71. The molecule has 0 bridgehead atoms. The molecule has 0 saturated carbocycles.